The number of benzene rings is 1. The van der Waals surface area contributed by atoms with Gasteiger partial charge in [-0.3, -0.25) is 9.79 Å². The molecule has 2 rings (SSSR count). The molecule has 1 aromatic carbocycles. The fourth-order valence-electron chi connectivity index (χ4n) is 2.42. The van der Waals surface area contributed by atoms with Gasteiger partial charge in [0.05, 0.1) is 6.54 Å². The van der Waals surface area contributed by atoms with E-state index in [-0.39, 0.29) is 29.9 Å². The normalized spacial score (nSPS) is 14.3. The van der Waals surface area contributed by atoms with Crippen molar-refractivity contribution in [1.29, 1.82) is 0 Å². The molecule has 23 heavy (non-hydrogen) atoms. The van der Waals surface area contributed by atoms with Crippen molar-refractivity contribution in [3.63, 3.8) is 0 Å². The Balaban J connectivity index is 0.00000264. The van der Waals surface area contributed by atoms with Gasteiger partial charge >= 0.3 is 0 Å². The standard InChI is InChI=1S/C16H23BrN4O.HI/c1-2-18-16(21-10-3-4-11-21)20-9-8-19-15(22)13-6-5-7-14(17)12-13;/h5-7,12H,2-4,8-11H2,1H3,(H,18,20)(H,19,22);1H. The predicted octanol–water partition coefficient (Wildman–Crippen LogP) is 2.86. The minimum absolute atomic E-state index is 0. The van der Waals surface area contributed by atoms with Crippen LogP contribution in [0.15, 0.2) is 33.7 Å². The van der Waals surface area contributed by atoms with E-state index in [9.17, 15) is 4.79 Å². The fourth-order valence-corrected chi connectivity index (χ4v) is 2.82. The van der Waals surface area contributed by atoms with Crippen molar-refractivity contribution in [3.05, 3.63) is 34.3 Å². The highest BCUT2D eigenvalue weighted by Crippen LogP contribution is 2.11. The van der Waals surface area contributed by atoms with Crippen molar-refractivity contribution in [3.8, 4) is 0 Å². The molecule has 0 atom stereocenters. The number of amides is 1. The van der Waals surface area contributed by atoms with Crippen LogP contribution in [0.4, 0.5) is 0 Å². The molecule has 0 aliphatic carbocycles. The van der Waals surface area contributed by atoms with E-state index in [1.807, 2.05) is 18.2 Å². The summed E-state index contributed by atoms with van der Waals surface area (Å²) in [5.41, 5.74) is 0.657. The summed E-state index contributed by atoms with van der Waals surface area (Å²) in [6, 6.07) is 7.37. The van der Waals surface area contributed by atoms with Crippen molar-refractivity contribution in [2.24, 2.45) is 4.99 Å². The lowest BCUT2D eigenvalue weighted by Gasteiger charge is -2.20. The van der Waals surface area contributed by atoms with Crippen LogP contribution in [0.1, 0.15) is 30.1 Å². The second-order valence-electron chi connectivity index (χ2n) is 5.20. The largest absolute Gasteiger partial charge is 0.357 e. The average molecular weight is 495 g/mol. The van der Waals surface area contributed by atoms with Gasteiger partial charge in [0.15, 0.2) is 5.96 Å². The second kappa shape index (κ2) is 10.9. The third kappa shape index (κ3) is 6.66. The van der Waals surface area contributed by atoms with Crippen LogP contribution in [0.25, 0.3) is 0 Å². The van der Waals surface area contributed by atoms with E-state index >= 15 is 0 Å². The maximum absolute atomic E-state index is 12.0. The Hall–Kier alpha value is -0.830. The van der Waals surface area contributed by atoms with Crippen LogP contribution in [-0.4, -0.2) is 49.5 Å². The third-order valence-corrected chi connectivity index (χ3v) is 3.98. The number of hydrogen-bond acceptors (Lipinski definition) is 2. The van der Waals surface area contributed by atoms with Gasteiger partial charge in [-0.2, -0.15) is 0 Å². The van der Waals surface area contributed by atoms with E-state index in [1.165, 1.54) is 12.8 Å². The molecule has 0 radical (unpaired) electrons. The molecular formula is C16H24BrIN4O. The topological polar surface area (TPSA) is 56.7 Å². The Labute approximate surface area is 163 Å². The lowest BCUT2D eigenvalue weighted by atomic mass is 10.2. The summed E-state index contributed by atoms with van der Waals surface area (Å²) in [5, 5.41) is 6.21. The number of nitrogens with zero attached hydrogens (tertiary/aromatic N) is 2. The highest BCUT2D eigenvalue weighted by Gasteiger charge is 2.15. The molecule has 0 bridgehead atoms. The molecule has 0 spiro atoms. The fraction of sp³-hybridized carbons (Fsp3) is 0.500. The third-order valence-electron chi connectivity index (χ3n) is 3.49. The van der Waals surface area contributed by atoms with Crippen molar-refractivity contribution in [2.45, 2.75) is 19.8 Å². The second-order valence-corrected chi connectivity index (χ2v) is 6.11. The van der Waals surface area contributed by atoms with Crippen molar-refractivity contribution >= 4 is 51.8 Å². The van der Waals surface area contributed by atoms with Crippen LogP contribution in [-0.2, 0) is 0 Å². The van der Waals surface area contributed by atoms with E-state index in [4.69, 9.17) is 0 Å². The average Bonchev–Trinajstić information content (AvgIpc) is 3.04. The number of carbonyl (C=O) groups is 1. The minimum Gasteiger partial charge on any atom is -0.357 e. The first kappa shape index (κ1) is 20.2. The van der Waals surface area contributed by atoms with E-state index in [2.05, 4.69) is 43.4 Å². The van der Waals surface area contributed by atoms with Crippen LogP contribution in [0, 0.1) is 0 Å². The molecule has 1 saturated heterocycles. The molecule has 5 nitrogen and oxygen atoms in total. The van der Waals surface area contributed by atoms with Gasteiger partial charge < -0.3 is 15.5 Å². The molecule has 2 N–H and O–H groups in total. The van der Waals surface area contributed by atoms with Gasteiger partial charge in [0.25, 0.3) is 5.91 Å². The van der Waals surface area contributed by atoms with Crippen LogP contribution >= 0.6 is 39.9 Å². The number of aliphatic imine (C=N–C) groups is 1. The molecule has 0 saturated carbocycles. The number of guanidine groups is 1. The summed E-state index contributed by atoms with van der Waals surface area (Å²) >= 11 is 3.37. The number of nitrogens with one attached hydrogen (secondary N) is 2. The maximum Gasteiger partial charge on any atom is 0.251 e. The Bertz CT molecular complexity index is 533. The number of likely N-dealkylation sites (tertiary alicyclic amines) is 1. The minimum atomic E-state index is -0.0670. The van der Waals surface area contributed by atoms with Gasteiger partial charge in [-0.15, -0.1) is 24.0 Å². The molecule has 1 amide bonds. The van der Waals surface area contributed by atoms with Crippen LogP contribution in [0.5, 0.6) is 0 Å². The van der Waals surface area contributed by atoms with E-state index in [1.54, 1.807) is 6.07 Å². The number of rotatable bonds is 5. The smallest absolute Gasteiger partial charge is 0.251 e. The Morgan fingerprint density at radius 2 is 2.04 bits per heavy atom. The van der Waals surface area contributed by atoms with Crippen molar-refractivity contribution < 1.29 is 4.79 Å². The Kier molecular flexibility index (Phi) is 9.54. The molecular weight excluding hydrogens is 471 g/mol. The molecule has 1 aromatic rings. The van der Waals surface area contributed by atoms with Gasteiger partial charge in [0.2, 0.25) is 0 Å². The summed E-state index contributed by atoms with van der Waals surface area (Å²) in [6.45, 7) is 6.18. The van der Waals surface area contributed by atoms with Crippen LogP contribution in [0.2, 0.25) is 0 Å². The van der Waals surface area contributed by atoms with Gasteiger partial charge in [-0.25, -0.2) is 0 Å². The highest BCUT2D eigenvalue weighted by molar-refractivity contribution is 14.0. The predicted molar refractivity (Wildman–Crippen MR) is 109 cm³/mol. The lowest BCUT2D eigenvalue weighted by Crippen LogP contribution is -2.40. The monoisotopic (exact) mass is 494 g/mol. The number of hydrogen-bond donors (Lipinski definition) is 2. The van der Waals surface area contributed by atoms with Gasteiger partial charge in [0, 0.05) is 36.2 Å². The number of halogens is 2. The molecule has 0 aromatic heterocycles. The first-order valence-electron chi connectivity index (χ1n) is 7.77. The molecule has 128 valence electrons. The summed E-state index contributed by atoms with van der Waals surface area (Å²) < 4.78 is 0.904. The summed E-state index contributed by atoms with van der Waals surface area (Å²) in [5.74, 6) is 0.888. The van der Waals surface area contributed by atoms with Crippen molar-refractivity contribution in [1.82, 2.24) is 15.5 Å². The molecule has 1 aliphatic heterocycles. The zero-order chi connectivity index (χ0) is 15.8. The van der Waals surface area contributed by atoms with E-state index in [0.29, 0.717) is 18.7 Å². The van der Waals surface area contributed by atoms with Crippen LogP contribution in [0.3, 0.4) is 0 Å². The number of carbonyl (C=O) groups excluding carboxylic acids is 1. The summed E-state index contributed by atoms with van der Waals surface area (Å²) in [7, 11) is 0. The molecule has 7 heteroatoms. The summed E-state index contributed by atoms with van der Waals surface area (Å²) in [6.07, 6.45) is 2.45. The van der Waals surface area contributed by atoms with Gasteiger partial charge in [-0.1, -0.05) is 22.0 Å². The molecule has 1 heterocycles. The quantitative estimate of drug-likeness (QED) is 0.286. The van der Waals surface area contributed by atoms with E-state index < -0.39 is 0 Å². The first-order chi connectivity index (χ1) is 10.7. The Morgan fingerprint density at radius 3 is 2.70 bits per heavy atom. The Morgan fingerprint density at radius 1 is 1.30 bits per heavy atom. The molecule has 1 aliphatic rings. The van der Waals surface area contributed by atoms with E-state index in [0.717, 1.165) is 30.1 Å². The molecule has 0 unspecified atom stereocenters. The SMILES string of the molecule is CCNC(=NCCNC(=O)c1cccc(Br)c1)N1CCCC1.I. The first-order valence-corrected chi connectivity index (χ1v) is 8.57. The highest BCUT2D eigenvalue weighted by atomic mass is 127. The van der Waals surface area contributed by atoms with Crippen LogP contribution < -0.4 is 10.6 Å². The molecule has 1 fully saturated rings. The summed E-state index contributed by atoms with van der Waals surface area (Å²) in [4.78, 5) is 18.9. The van der Waals surface area contributed by atoms with Crippen molar-refractivity contribution in [2.75, 3.05) is 32.7 Å². The zero-order valence-corrected chi connectivity index (χ0v) is 17.3. The van der Waals surface area contributed by atoms with Gasteiger partial charge in [0.1, 0.15) is 0 Å². The van der Waals surface area contributed by atoms with Gasteiger partial charge in [-0.05, 0) is 38.0 Å². The lowest BCUT2D eigenvalue weighted by molar-refractivity contribution is 0.0954. The maximum atomic E-state index is 12.0. The zero-order valence-electron chi connectivity index (χ0n) is 13.3.